The van der Waals surface area contributed by atoms with Crippen LogP contribution in [0.5, 0.6) is 5.75 Å². The fourth-order valence-electron chi connectivity index (χ4n) is 3.06. The highest BCUT2D eigenvalue weighted by atomic mass is 16.3. The first-order chi connectivity index (χ1) is 12.0. The Hall–Kier alpha value is -2.18. The molecule has 2 aromatic rings. The summed E-state index contributed by atoms with van der Waals surface area (Å²) in [5, 5.41) is 9.66. The number of benzene rings is 1. The number of rotatable bonds is 5. The molecule has 0 unspecified atom stereocenters. The molecule has 0 bridgehead atoms. The summed E-state index contributed by atoms with van der Waals surface area (Å²) in [6.07, 6.45) is 3.85. The van der Waals surface area contributed by atoms with E-state index in [1.807, 2.05) is 30.6 Å². The number of likely N-dealkylation sites (N-methyl/N-ethyl adjacent to an activating group) is 1. The predicted molar refractivity (Wildman–Crippen MR) is 99.7 cm³/mol. The normalized spacial score (nSPS) is 17.0. The first-order valence-corrected chi connectivity index (χ1v) is 8.76. The molecule has 6 nitrogen and oxygen atoms in total. The number of phenols is 1. The zero-order chi connectivity index (χ0) is 17.8. The lowest BCUT2D eigenvalue weighted by molar-refractivity contribution is 0.252. The van der Waals surface area contributed by atoms with Crippen molar-refractivity contribution >= 4 is 5.95 Å². The van der Waals surface area contributed by atoms with Crippen molar-refractivity contribution in [2.24, 2.45) is 0 Å². The summed E-state index contributed by atoms with van der Waals surface area (Å²) < 4.78 is 0. The van der Waals surface area contributed by atoms with Crippen molar-refractivity contribution in [2.45, 2.75) is 19.5 Å². The lowest BCUT2D eigenvalue weighted by Gasteiger charge is -2.32. The van der Waals surface area contributed by atoms with Gasteiger partial charge in [-0.2, -0.15) is 0 Å². The molecule has 1 N–H and O–H groups in total. The third kappa shape index (κ3) is 4.46. The molecule has 1 aromatic heterocycles. The highest BCUT2D eigenvalue weighted by Crippen LogP contribution is 2.23. The molecule has 3 rings (SSSR count). The van der Waals surface area contributed by atoms with Crippen molar-refractivity contribution in [3.8, 4) is 5.75 Å². The fourth-order valence-corrected chi connectivity index (χ4v) is 3.06. The topological polar surface area (TPSA) is 55.7 Å². The summed E-state index contributed by atoms with van der Waals surface area (Å²) in [5.74, 6) is 1.12. The molecule has 0 radical (unpaired) electrons. The maximum Gasteiger partial charge on any atom is 0.225 e. The van der Waals surface area contributed by atoms with E-state index in [0.29, 0.717) is 5.75 Å². The van der Waals surface area contributed by atoms with E-state index < -0.39 is 0 Å². The van der Waals surface area contributed by atoms with Crippen LogP contribution in [0.3, 0.4) is 0 Å². The van der Waals surface area contributed by atoms with E-state index in [9.17, 15) is 5.11 Å². The molecule has 0 amide bonds. The Morgan fingerprint density at radius 3 is 2.48 bits per heavy atom. The number of hydrogen-bond donors (Lipinski definition) is 1. The molecule has 1 atom stereocenters. The number of aromatic nitrogens is 2. The van der Waals surface area contributed by atoms with Gasteiger partial charge >= 0.3 is 0 Å². The molecule has 0 aliphatic carbocycles. The van der Waals surface area contributed by atoms with Gasteiger partial charge in [-0.3, -0.25) is 4.90 Å². The lowest BCUT2D eigenvalue weighted by atomic mass is 10.1. The summed E-state index contributed by atoms with van der Waals surface area (Å²) in [6, 6.07) is 7.62. The van der Waals surface area contributed by atoms with Gasteiger partial charge in [0.25, 0.3) is 0 Å². The first-order valence-electron chi connectivity index (χ1n) is 8.76. The van der Waals surface area contributed by atoms with Crippen LogP contribution in [0.4, 0.5) is 5.95 Å². The Morgan fingerprint density at radius 1 is 1.16 bits per heavy atom. The molecule has 1 aromatic carbocycles. The van der Waals surface area contributed by atoms with E-state index in [1.165, 1.54) is 0 Å². The monoisotopic (exact) mass is 341 g/mol. The van der Waals surface area contributed by atoms with Gasteiger partial charge in [0, 0.05) is 56.7 Å². The number of aromatic hydroxyl groups is 1. The van der Waals surface area contributed by atoms with Crippen molar-refractivity contribution in [1.82, 2.24) is 19.8 Å². The fraction of sp³-hybridized carbons (Fsp3) is 0.474. The maximum absolute atomic E-state index is 9.66. The lowest BCUT2D eigenvalue weighted by Crippen LogP contribution is -2.45. The molecule has 1 aliphatic heterocycles. The minimum absolute atomic E-state index is 0.199. The Kier molecular flexibility index (Phi) is 5.50. The Balaban J connectivity index is 1.61. The van der Waals surface area contributed by atoms with Gasteiger partial charge in [0.2, 0.25) is 5.95 Å². The standard InChI is InChI=1S/C19H27N5O/c1-15(17-5-4-6-18(25)11-17)23(3)14-16-12-20-19(21-13-16)24-9-7-22(2)8-10-24/h4-6,11-13,15,25H,7-10,14H2,1-3H3/t15-/m0/s1. The van der Waals surface area contributed by atoms with Crippen LogP contribution in [0.15, 0.2) is 36.7 Å². The van der Waals surface area contributed by atoms with Crippen molar-refractivity contribution in [3.05, 3.63) is 47.8 Å². The van der Waals surface area contributed by atoms with Gasteiger partial charge in [-0.15, -0.1) is 0 Å². The van der Waals surface area contributed by atoms with Crippen molar-refractivity contribution in [3.63, 3.8) is 0 Å². The van der Waals surface area contributed by atoms with Crippen LogP contribution in [0.25, 0.3) is 0 Å². The maximum atomic E-state index is 9.66. The summed E-state index contributed by atoms with van der Waals surface area (Å²) in [5.41, 5.74) is 2.19. The molecule has 134 valence electrons. The predicted octanol–water partition coefficient (Wildman–Crippen LogP) is 2.13. The molecule has 1 saturated heterocycles. The zero-order valence-corrected chi connectivity index (χ0v) is 15.3. The second kappa shape index (κ2) is 7.80. The van der Waals surface area contributed by atoms with E-state index in [1.54, 1.807) is 6.07 Å². The molecule has 0 spiro atoms. The SMILES string of the molecule is C[C@@H](c1cccc(O)c1)N(C)Cc1cnc(N2CCN(C)CC2)nc1. The van der Waals surface area contributed by atoms with Gasteiger partial charge in [-0.1, -0.05) is 12.1 Å². The van der Waals surface area contributed by atoms with Gasteiger partial charge in [-0.25, -0.2) is 9.97 Å². The average Bonchev–Trinajstić information content (AvgIpc) is 2.62. The van der Waals surface area contributed by atoms with Crippen LogP contribution in [0.2, 0.25) is 0 Å². The van der Waals surface area contributed by atoms with E-state index in [4.69, 9.17) is 0 Å². The smallest absolute Gasteiger partial charge is 0.225 e. The quantitative estimate of drug-likeness (QED) is 0.899. The first kappa shape index (κ1) is 17.6. The van der Waals surface area contributed by atoms with Crippen LogP contribution in [0.1, 0.15) is 24.1 Å². The summed E-state index contributed by atoms with van der Waals surface area (Å²) >= 11 is 0. The minimum atomic E-state index is 0.199. The third-order valence-corrected chi connectivity index (χ3v) is 4.92. The van der Waals surface area contributed by atoms with Gasteiger partial charge < -0.3 is 14.9 Å². The molecular formula is C19H27N5O. The zero-order valence-electron chi connectivity index (χ0n) is 15.3. The van der Waals surface area contributed by atoms with Crippen LogP contribution >= 0.6 is 0 Å². The third-order valence-electron chi connectivity index (χ3n) is 4.92. The minimum Gasteiger partial charge on any atom is -0.508 e. The number of nitrogens with zero attached hydrogens (tertiary/aromatic N) is 5. The summed E-state index contributed by atoms with van der Waals surface area (Å²) in [6.45, 7) is 6.95. The van der Waals surface area contributed by atoms with Crippen molar-refractivity contribution in [2.75, 3.05) is 45.2 Å². The molecular weight excluding hydrogens is 314 g/mol. The number of phenolic OH excluding ortho intramolecular Hbond substituents is 1. The Labute approximate surface area is 149 Å². The van der Waals surface area contributed by atoms with Gasteiger partial charge in [0.1, 0.15) is 5.75 Å². The molecule has 2 heterocycles. The second-order valence-electron chi connectivity index (χ2n) is 6.87. The second-order valence-corrected chi connectivity index (χ2v) is 6.87. The molecule has 1 fully saturated rings. The molecule has 25 heavy (non-hydrogen) atoms. The largest absolute Gasteiger partial charge is 0.508 e. The highest BCUT2D eigenvalue weighted by molar-refractivity contribution is 5.31. The molecule has 1 aliphatic rings. The molecule has 6 heteroatoms. The van der Waals surface area contributed by atoms with E-state index in [2.05, 4.69) is 45.7 Å². The highest BCUT2D eigenvalue weighted by Gasteiger charge is 2.17. The van der Waals surface area contributed by atoms with Crippen molar-refractivity contribution < 1.29 is 5.11 Å². The van der Waals surface area contributed by atoms with Gasteiger partial charge in [0.15, 0.2) is 0 Å². The molecule has 0 saturated carbocycles. The van der Waals surface area contributed by atoms with E-state index >= 15 is 0 Å². The van der Waals surface area contributed by atoms with E-state index in [-0.39, 0.29) is 6.04 Å². The number of hydrogen-bond acceptors (Lipinski definition) is 6. The van der Waals surface area contributed by atoms with Crippen LogP contribution < -0.4 is 4.90 Å². The number of piperazine rings is 1. The van der Waals surface area contributed by atoms with Crippen LogP contribution in [0, 0.1) is 0 Å². The Morgan fingerprint density at radius 2 is 1.84 bits per heavy atom. The van der Waals surface area contributed by atoms with Gasteiger partial charge in [-0.05, 0) is 38.7 Å². The summed E-state index contributed by atoms with van der Waals surface area (Å²) in [4.78, 5) is 15.9. The van der Waals surface area contributed by atoms with Crippen molar-refractivity contribution in [1.29, 1.82) is 0 Å². The summed E-state index contributed by atoms with van der Waals surface area (Å²) in [7, 11) is 4.22. The van der Waals surface area contributed by atoms with E-state index in [0.717, 1.165) is 49.8 Å². The van der Waals surface area contributed by atoms with Crippen LogP contribution in [-0.2, 0) is 6.54 Å². The number of anilines is 1. The van der Waals surface area contributed by atoms with Crippen LogP contribution in [-0.4, -0.2) is 65.1 Å². The Bertz CT molecular complexity index is 682. The average molecular weight is 341 g/mol. The van der Waals surface area contributed by atoms with Gasteiger partial charge in [0.05, 0.1) is 0 Å².